The summed E-state index contributed by atoms with van der Waals surface area (Å²) in [6, 6.07) is 5.55. The molecule has 0 aliphatic carbocycles. The summed E-state index contributed by atoms with van der Waals surface area (Å²) in [7, 11) is 1.39. The number of thiocarbonyl (C=S) groups is 1. The maximum Gasteiger partial charge on any atom is 0.337 e. The number of aromatic amines is 1. The molecule has 0 fully saturated rings. The summed E-state index contributed by atoms with van der Waals surface area (Å²) < 4.78 is 4.79. The molecule has 1 aromatic carbocycles. The van der Waals surface area contributed by atoms with Gasteiger partial charge in [0.1, 0.15) is 4.99 Å². The van der Waals surface area contributed by atoms with Crippen LogP contribution in [0, 0.1) is 0 Å². The Morgan fingerprint density at radius 1 is 1.40 bits per heavy atom. The first-order valence-corrected chi connectivity index (χ1v) is 6.87. The molecule has 2 heterocycles. The van der Waals surface area contributed by atoms with Crippen molar-refractivity contribution in [3.8, 4) is 0 Å². The lowest BCUT2D eigenvalue weighted by atomic mass is 9.80. The second-order valence-corrected chi connectivity index (χ2v) is 6.10. The molecule has 3 rings (SSSR count). The van der Waals surface area contributed by atoms with Gasteiger partial charge in [0.25, 0.3) is 0 Å². The molecular weight excluding hydrogens is 272 g/mol. The van der Waals surface area contributed by atoms with Crippen LogP contribution in [-0.2, 0) is 10.2 Å². The molecule has 1 aliphatic heterocycles. The van der Waals surface area contributed by atoms with Gasteiger partial charge in [0.15, 0.2) is 0 Å². The molecule has 0 radical (unpaired) electrons. The predicted molar refractivity (Wildman–Crippen MR) is 82.4 cm³/mol. The zero-order chi connectivity index (χ0) is 14.5. The van der Waals surface area contributed by atoms with E-state index in [1.54, 1.807) is 6.07 Å². The van der Waals surface area contributed by atoms with E-state index in [-0.39, 0.29) is 11.4 Å². The summed E-state index contributed by atoms with van der Waals surface area (Å²) in [5, 5.41) is 4.29. The van der Waals surface area contributed by atoms with Gasteiger partial charge in [0.2, 0.25) is 0 Å². The average molecular weight is 288 g/mol. The number of ether oxygens (including phenoxy) is 1. The zero-order valence-electron chi connectivity index (χ0n) is 11.7. The maximum atomic E-state index is 11.7. The van der Waals surface area contributed by atoms with Gasteiger partial charge in [-0.05, 0) is 23.8 Å². The lowest BCUT2D eigenvalue weighted by Gasteiger charge is -2.31. The van der Waals surface area contributed by atoms with Crippen molar-refractivity contribution < 1.29 is 9.53 Å². The van der Waals surface area contributed by atoms with E-state index in [0.29, 0.717) is 5.56 Å². The van der Waals surface area contributed by atoms with Crippen LogP contribution in [0.3, 0.4) is 0 Å². The van der Waals surface area contributed by atoms with Crippen molar-refractivity contribution >= 4 is 34.1 Å². The molecule has 2 aromatic rings. The van der Waals surface area contributed by atoms with E-state index in [1.165, 1.54) is 12.7 Å². The van der Waals surface area contributed by atoms with Crippen LogP contribution in [0.4, 0.5) is 0 Å². The number of esters is 1. The third kappa shape index (κ3) is 1.81. The van der Waals surface area contributed by atoms with Gasteiger partial charge in [0.05, 0.1) is 18.4 Å². The van der Waals surface area contributed by atoms with Gasteiger partial charge in [-0.2, -0.15) is 0 Å². The number of aromatic nitrogens is 1. The Kier molecular flexibility index (Phi) is 2.83. The molecule has 1 aliphatic rings. The number of carbonyl (C=O) groups is 1. The number of hydrogen-bond acceptors (Lipinski definition) is 3. The van der Waals surface area contributed by atoms with Gasteiger partial charge in [-0.15, -0.1) is 0 Å². The number of H-pyrrole nitrogens is 1. The molecule has 1 aromatic heterocycles. The van der Waals surface area contributed by atoms with Gasteiger partial charge < -0.3 is 15.0 Å². The first-order chi connectivity index (χ1) is 9.44. The number of benzene rings is 1. The summed E-state index contributed by atoms with van der Waals surface area (Å²) in [6.45, 7) is 5.12. The Morgan fingerprint density at radius 3 is 2.85 bits per heavy atom. The first-order valence-electron chi connectivity index (χ1n) is 6.47. The second kappa shape index (κ2) is 4.31. The molecule has 0 unspecified atom stereocenters. The summed E-state index contributed by atoms with van der Waals surface area (Å²) >= 11 is 5.38. The van der Waals surface area contributed by atoms with Crippen molar-refractivity contribution in [3.63, 3.8) is 0 Å². The number of nitrogens with one attached hydrogen (secondary N) is 2. The fourth-order valence-electron chi connectivity index (χ4n) is 2.79. The molecule has 0 amide bonds. The van der Waals surface area contributed by atoms with Gasteiger partial charge in [-0.3, -0.25) is 0 Å². The monoisotopic (exact) mass is 288 g/mol. The lowest BCUT2D eigenvalue weighted by molar-refractivity contribution is 0.0601. The SMILES string of the molecule is COC(=O)c1ccc2[nH]c3c(c2c1)C(C)(C)CNC3=S. The highest BCUT2D eigenvalue weighted by Gasteiger charge is 2.33. The zero-order valence-corrected chi connectivity index (χ0v) is 12.5. The molecule has 0 saturated heterocycles. The standard InChI is InChI=1S/C15H16N2O2S/c1-15(2)7-16-13(20)12-11(15)9-6-8(14(18)19-3)4-5-10(9)17-12/h4-6,17H,7H2,1-3H3,(H,16,20). The molecule has 2 N–H and O–H groups in total. The fourth-order valence-corrected chi connectivity index (χ4v) is 3.01. The van der Waals surface area contributed by atoms with Crippen molar-refractivity contribution in [2.24, 2.45) is 0 Å². The van der Waals surface area contributed by atoms with Crippen LogP contribution in [0.2, 0.25) is 0 Å². The summed E-state index contributed by atoms with van der Waals surface area (Å²) in [5.74, 6) is -0.323. The van der Waals surface area contributed by atoms with Crippen LogP contribution < -0.4 is 5.32 Å². The Balaban J connectivity index is 2.30. The molecular formula is C15H16N2O2S. The van der Waals surface area contributed by atoms with Gasteiger partial charge in [-0.25, -0.2) is 4.79 Å². The van der Waals surface area contributed by atoms with Crippen LogP contribution in [-0.4, -0.2) is 29.6 Å². The van der Waals surface area contributed by atoms with Crippen molar-refractivity contribution in [3.05, 3.63) is 35.0 Å². The van der Waals surface area contributed by atoms with Crippen LogP contribution >= 0.6 is 12.2 Å². The quantitative estimate of drug-likeness (QED) is 0.625. The summed E-state index contributed by atoms with van der Waals surface area (Å²) in [6.07, 6.45) is 0. The Morgan fingerprint density at radius 2 is 2.15 bits per heavy atom. The molecule has 0 atom stereocenters. The highest BCUT2D eigenvalue weighted by atomic mass is 32.1. The number of rotatable bonds is 1. The number of fused-ring (bicyclic) bond motifs is 3. The van der Waals surface area contributed by atoms with Crippen molar-refractivity contribution in [2.75, 3.05) is 13.7 Å². The highest BCUT2D eigenvalue weighted by molar-refractivity contribution is 7.80. The molecule has 5 heteroatoms. The van der Waals surface area contributed by atoms with E-state index in [0.717, 1.165) is 28.1 Å². The van der Waals surface area contributed by atoms with Gasteiger partial charge in [-0.1, -0.05) is 26.1 Å². The van der Waals surface area contributed by atoms with Crippen LogP contribution in [0.15, 0.2) is 18.2 Å². The van der Waals surface area contributed by atoms with E-state index in [2.05, 4.69) is 24.1 Å². The Bertz CT molecular complexity index is 731. The van der Waals surface area contributed by atoms with Crippen LogP contribution in [0.1, 0.15) is 35.5 Å². The molecule has 20 heavy (non-hydrogen) atoms. The normalized spacial score (nSPS) is 16.6. The van der Waals surface area contributed by atoms with Gasteiger partial charge >= 0.3 is 5.97 Å². The lowest BCUT2D eigenvalue weighted by Crippen LogP contribution is -2.42. The minimum Gasteiger partial charge on any atom is -0.465 e. The minimum atomic E-state index is -0.323. The maximum absolute atomic E-state index is 11.7. The summed E-state index contributed by atoms with van der Waals surface area (Å²) in [4.78, 5) is 15.8. The molecule has 0 spiro atoms. The second-order valence-electron chi connectivity index (χ2n) is 5.69. The minimum absolute atomic E-state index is 0.0510. The topological polar surface area (TPSA) is 54.1 Å². The van der Waals surface area contributed by atoms with Crippen LogP contribution in [0.5, 0.6) is 0 Å². The van der Waals surface area contributed by atoms with E-state index >= 15 is 0 Å². The number of hydrogen-bond donors (Lipinski definition) is 2. The fraction of sp³-hybridized carbons (Fsp3) is 0.333. The third-order valence-electron chi connectivity index (χ3n) is 3.81. The summed E-state index contributed by atoms with van der Waals surface area (Å²) in [5.41, 5.74) is 3.61. The average Bonchev–Trinajstić information content (AvgIpc) is 2.82. The Labute approximate surface area is 122 Å². The molecule has 104 valence electrons. The highest BCUT2D eigenvalue weighted by Crippen LogP contribution is 2.36. The van der Waals surface area contributed by atoms with Gasteiger partial charge in [0, 0.05) is 22.9 Å². The van der Waals surface area contributed by atoms with E-state index in [4.69, 9.17) is 17.0 Å². The molecule has 0 saturated carbocycles. The van der Waals surface area contributed by atoms with Crippen molar-refractivity contribution in [1.29, 1.82) is 0 Å². The largest absolute Gasteiger partial charge is 0.465 e. The smallest absolute Gasteiger partial charge is 0.337 e. The van der Waals surface area contributed by atoms with E-state index in [1.807, 2.05) is 12.1 Å². The Hall–Kier alpha value is -1.88. The van der Waals surface area contributed by atoms with E-state index < -0.39 is 0 Å². The van der Waals surface area contributed by atoms with Crippen LogP contribution in [0.25, 0.3) is 10.9 Å². The van der Waals surface area contributed by atoms with Crippen molar-refractivity contribution in [1.82, 2.24) is 10.3 Å². The third-order valence-corrected chi connectivity index (χ3v) is 4.16. The van der Waals surface area contributed by atoms with Crippen molar-refractivity contribution in [2.45, 2.75) is 19.3 Å². The first kappa shape index (κ1) is 13.1. The number of methoxy groups -OCH3 is 1. The predicted octanol–water partition coefficient (Wildman–Crippen LogP) is 2.51. The van der Waals surface area contributed by atoms with E-state index in [9.17, 15) is 4.79 Å². The number of carbonyl (C=O) groups excluding carboxylic acids is 1. The molecule has 4 nitrogen and oxygen atoms in total. The molecule has 0 bridgehead atoms.